The molecule has 2 aromatic heterocycles. The van der Waals surface area contributed by atoms with Crippen LogP contribution in [-0.2, 0) is 0 Å². The number of halogens is 1. The summed E-state index contributed by atoms with van der Waals surface area (Å²) in [6, 6.07) is 1.78. The van der Waals surface area contributed by atoms with E-state index in [1.165, 1.54) is 6.20 Å². The van der Waals surface area contributed by atoms with Crippen molar-refractivity contribution in [1.29, 1.82) is 0 Å². The van der Waals surface area contributed by atoms with Gasteiger partial charge in [-0.05, 0) is 6.07 Å². The Kier molecular flexibility index (Phi) is 2.59. The van der Waals surface area contributed by atoms with Gasteiger partial charge in [-0.15, -0.1) is 0 Å². The summed E-state index contributed by atoms with van der Waals surface area (Å²) in [4.78, 5) is 19.0. The van der Waals surface area contributed by atoms with Crippen molar-refractivity contribution in [1.82, 2.24) is 13.9 Å². The summed E-state index contributed by atoms with van der Waals surface area (Å²) in [6.45, 7) is 0. The maximum absolute atomic E-state index is 10.7. The van der Waals surface area contributed by atoms with Crippen LogP contribution in [0.15, 0.2) is 18.5 Å². The molecule has 0 saturated heterocycles. The Hall–Kier alpha value is -0.830. The average Bonchev–Trinajstić information content (AvgIpc) is 2.46. The molecule has 2 heterocycles. The molecule has 0 spiro atoms. The largest absolute Gasteiger partial charge is 0.301 e. The maximum atomic E-state index is 10.7. The predicted molar refractivity (Wildman–Crippen MR) is 65.0 cm³/mol. The van der Waals surface area contributed by atoms with Crippen LogP contribution in [0.2, 0.25) is 0 Å². The Morgan fingerprint density at radius 3 is 3.14 bits per heavy atom. The Bertz CT molecular complexity index is 497. The number of amides is 1. The molecule has 1 amide bonds. The highest BCUT2D eigenvalue weighted by Crippen LogP contribution is 2.14. The molecular weight excluding hydrogens is 315 g/mol. The molecule has 14 heavy (non-hydrogen) atoms. The van der Waals surface area contributed by atoms with E-state index in [0.29, 0.717) is 17.0 Å². The van der Waals surface area contributed by atoms with Crippen LogP contribution >= 0.6 is 35.4 Å². The zero-order valence-electron chi connectivity index (χ0n) is 6.81. The quantitative estimate of drug-likeness (QED) is 0.366. The van der Waals surface area contributed by atoms with Crippen molar-refractivity contribution in [2.75, 3.05) is 5.32 Å². The number of fused-ring (bicyclic) bond motifs is 1. The van der Waals surface area contributed by atoms with E-state index in [2.05, 4.69) is 28.1 Å². The van der Waals surface area contributed by atoms with Crippen molar-refractivity contribution in [2.45, 2.75) is 0 Å². The second-order valence-electron chi connectivity index (χ2n) is 2.52. The first-order valence-electron chi connectivity index (χ1n) is 3.66. The first kappa shape index (κ1) is 9.71. The van der Waals surface area contributed by atoms with Gasteiger partial charge in [0, 0.05) is 28.8 Å². The van der Waals surface area contributed by atoms with Crippen LogP contribution in [0.3, 0.4) is 0 Å². The van der Waals surface area contributed by atoms with E-state index in [4.69, 9.17) is 0 Å². The monoisotopic (exact) mass is 320 g/mol. The highest BCUT2D eigenvalue weighted by Gasteiger charge is 2.04. The lowest BCUT2D eigenvalue weighted by Crippen LogP contribution is -2.03. The van der Waals surface area contributed by atoms with E-state index >= 15 is 0 Å². The molecule has 0 aliphatic heterocycles. The fourth-order valence-corrected chi connectivity index (χ4v) is 1.56. The van der Waals surface area contributed by atoms with E-state index in [-0.39, 0.29) is 3.91 Å². The molecule has 0 bridgehead atoms. The van der Waals surface area contributed by atoms with Gasteiger partial charge in [-0.25, -0.2) is 9.97 Å². The second-order valence-corrected chi connectivity index (χ2v) is 3.93. The lowest BCUT2D eigenvalue weighted by Gasteiger charge is -1.99. The smallest absolute Gasteiger partial charge is 0.286 e. The number of hydrogen-bond acceptors (Lipinski definition) is 4. The van der Waals surface area contributed by atoms with Gasteiger partial charge in [0.1, 0.15) is 5.52 Å². The third-order valence-corrected chi connectivity index (χ3v) is 2.19. The van der Waals surface area contributed by atoms with Gasteiger partial charge in [-0.1, -0.05) is 12.8 Å². The van der Waals surface area contributed by atoms with E-state index in [9.17, 15) is 4.79 Å². The molecule has 0 fully saturated rings. The summed E-state index contributed by atoms with van der Waals surface area (Å²) in [5.74, 6) is 0.441. The van der Waals surface area contributed by atoms with Crippen LogP contribution in [0, 0.1) is 0 Å². The molecule has 0 aliphatic rings. The minimum absolute atomic E-state index is 0.193. The minimum Gasteiger partial charge on any atom is -0.301 e. The zero-order chi connectivity index (χ0) is 10.1. The van der Waals surface area contributed by atoms with E-state index in [1.807, 2.05) is 0 Å². The van der Waals surface area contributed by atoms with Gasteiger partial charge in [-0.2, -0.15) is 0 Å². The Morgan fingerprint density at radius 1 is 1.64 bits per heavy atom. The number of nitrogens with zero attached hydrogens (tertiary/aromatic N) is 3. The zero-order valence-corrected chi connectivity index (χ0v) is 9.86. The number of carbonyl (C=O) groups is 1. The van der Waals surface area contributed by atoms with E-state index in [1.54, 1.807) is 38.8 Å². The van der Waals surface area contributed by atoms with Crippen molar-refractivity contribution in [2.24, 2.45) is 0 Å². The van der Waals surface area contributed by atoms with Crippen LogP contribution in [0.1, 0.15) is 0 Å². The molecule has 0 aromatic carbocycles. The SMILES string of the molecule is O=C(I)Nc1cnc2c(ccn2S)n1. The second kappa shape index (κ2) is 3.73. The van der Waals surface area contributed by atoms with Gasteiger partial charge in [0.2, 0.25) is 0 Å². The van der Waals surface area contributed by atoms with Crippen LogP contribution in [0.5, 0.6) is 0 Å². The summed E-state index contributed by atoms with van der Waals surface area (Å²) in [5, 5.41) is 2.55. The molecule has 0 atom stereocenters. The first-order valence-corrected chi connectivity index (χ1v) is 5.14. The van der Waals surface area contributed by atoms with Crippen molar-refractivity contribution >= 4 is 56.3 Å². The fourth-order valence-electron chi connectivity index (χ4n) is 1.06. The lowest BCUT2D eigenvalue weighted by atomic mass is 10.5. The number of carbonyl (C=O) groups excluding carboxylic acids is 1. The minimum atomic E-state index is -0.193. The molecule has 72 valence electrons. The average molecular weight is 320 g/mol. The van der Waals surface area contributed by atoms with Crippen molar-refractivity contribution in [3.63, 3.8) is 0 Å². The Labute approximate surface area is 98.6 Å². The number of thiol groups is 1. The molecule has 5 nitrogen and oxygen atoms in total. The van der Waals surface area contributed by atoms with Crippen molar-refractivity contribution in [3.05, 3.63) is 18.5 Å². The number of nitrogens with one attached hydrogen (secondary N) is 1. The van der Waals surface area contributed by atoms with E-state index in [0.717, 1.165) is 0 Å². The summed E-state index contributed by atoms with van der Waals surface area (Å²) < 4.78 is 1.37. The summed E-state index contributed by atoms with van der Waals surface area (Å²) in [5.41, 5.74) is 1.36. The first-order chi connectivity index (χ1) is 6.66. The number of aromatic nitrogens is 3. The van der Waals surface area contributed by atoms with Gasteiger partial charge in [0.05, 0.1) is 6.20 Å². The van der Waals surface area contributed by atoms with Gasteiger partial charge in [0.25, 0.3) is 3.91 Å². The number of hydrogen-bond donors (Lipinski definition) is 2. The Balaban J connectivity index is 2.46. The van der Waals surface area contributed by atoms with Gasteiger partial charge >= 0.3 is 0 Å². The van der Waals surface area contributed by atoms with Gasteiger partial charge in [-0.3, -0.25) is 8.77 Å². The normalized spacial score (nSPS) is 10.4. The topological polar surface area (TPSA) is 59.8 Å². The van der Waals surface area contributed by atoms with Gasteiger partial charge < -0.3 is 5.32 Å². The van der Waals surface area contributed by atoms with Crippen LogP contribution < -0.4 is 5.32 Å². The third-order valence-electron chi connectivity index (χ3n) is 1.60. The molecule has 0 unspecified atom stereocenters. The summed E-state index contributed by atoms with van der Waals surface area (Å²) in [7, 11) is 0. The van der Waals surface area contributed by atoms with Crippen LogP contribution in [-0.4, -0.2) is 17.9 Å². The molecule has 2 rings (SSSR count). The molecule has 0 saturated carbocycles. The highest BCUT2D eigenvalue weighted by molar-refractivity contribution is 14.1. The Morgan fingerprint density at radius 2 is 2.43 bits per heavy atom. The summed E-state index contributed by atoms with van der Waals surface area (Å²) >= 11 is 5.77. The molecular formula is C7H5IN4OS. The lowest BCUT2D eigenvalue weighted by molar-refractivity contribution is 0.271. The number of anilines is 1. The molecule has 2 aromatic rings. The van der Waals surface area contributed by atoms with Gasteiger partial charge in [0.15, 0.2) is 11.5 Å². The van der Waals surface area contributed by atoms with Crippen molar-refractivity contribution < 1.29 is 4.79 Å². The van der Waals surface area contributed by atoms with Crippen molar-refractivity contribution in [3.8, 4) is 0 Å². The number of rotatable bonds is 1. The van der Waals surface area contributed by atoms with Crippen LogP contribution in [0.25, 0.3) is 11.2 Å². The molecule has 0 radical (unpaired) electrons. The summed E-state index contributed by atoms with van der Waals surface area (Å²) in [6.07, 6.45) is 3.23. The highest BCUT2D eigenvalue weighted by atomic mass is 127. The maximum Gasteiger partial charge on any atom is 0.286 e. The molecule has 1 N–H and O–H groups in total. The fraction of sp³-hybridized carbons (Fsp3) is 0. The standard InChI is InChI=1S/C7H5IN4OS/c8-7(13)11-5-3-9-6-4(10-5)1-2-12(6)14/h1-3,14H,(H,10,11,13). The molecule has 7 heteroatoms. The van der Waals surface area contributed by atoms with E-state index < -0.39 is 0 Å². The molecule has 0 aliphatic carbocycles. The third kappa shape index (κ3) is 1.82. The van der Waals surface area contributed by atoms with Crippen LogP contribution in [0.4, 0.5) is 10.6 Å². The predicted octanol–water partition coefficient (Wildman–Crippen LogP) is 2.09.